The van der Waals surface area contributed by atoms with Gasteiger partial charge in [0.15, 0.2) is 0 Å². The lowest BCUT2D eigenvalue weighted by atomic mass is 10.2. The third kappa shape index (κ3) is 6.30. The van der Waals surface area contributed by atoms with Gasteiger partial charge >= 0.3 is 6.03 Å². The van der Waals surface area contributed by atoms with Crippen LogP contribution in [0.15, 0.2) is 48.5 Å². The normalized spacial score (nSPS) is 10.6. The molecule has 0 atom stereocenters. The van der Waals surface area contributed by atoms with E-state index < -0.39 is 0 Å². The second-order valence-electron chi connectivity index (χ2n) is 5.50. The first kappa shape index (κ1) is 17.3. The molecule has 2 amide bonds. The van der Waals surface area contributed by atoms with E-state index in [0.717, 1.165) is 16.8 Å². The highest BCUT2D eigenvalue weighted by Crippen LogP contribution is 2.13. The number of halogens is 1. The molecule has 0 saturated carbocycles. The van der Waals surface area contributed by atoms with Gasteiger partial charge in [0.2, 0.25) is 0 Å². The van der Waals surface area contributed by atoms with Gasteiger partial charge in [-0.3, -0.25) is 0 Å². The molecule has 2 rings (SSSR count). The fourth-order valence-electron chi connectivity index (χ4n) is 2.01. The third-order valence-electron chi connectivity index (χ3n) is 3.11. The first-order valence-electron chi connectivity index (χ1n) is 7.53. The molecule has 0 spiro atoms. The van der Waals surface area contributed by atoms with E-state index in [0.29, 0.717) is 18.2 Å². The summed E-state index contributed by atoms with van der Waals surface area (Å²) in [6.07, 6.45) is 0.174. The van der Waals surface area contributed by atoms with E-state index in [-0.39, 0.29) is 12.1 Å². The fraction of sp³-hybridized carbons (Fsp3) is 0.278. The smallest absolute Gasteiger partial charge is 0.319 e. The maximum absolute atomic E-state index is 12.0. The maximum atomic E-state index is 12.0. The number of carbonyl (C=O) groups is 1. The molecule has 122 valence electrons. The molecule has 0 aliphatic heterocycles. The molecule has 23 heavy (non-hydrogen) atoms. The minimum Gasteiger partial charge on any atom is -0.374 e. The predicted octanol–water partition coefficient (Wildman–Crippen LogP) is 4.59. The van der Waals surface area contributed by atoms with Crippen LogP contribution >= 0.6 is 11.6 Å². The Kier molecular flexibility index (Phi) is 6.44. The van der Waals surface area contributed by atoms with Crippen LogP contribution in [0.3, 0.4) is 0 Å². The van der Waals surface area contributed by atoms with Crippen LogP contribution in [-0.4, -0.2) is 12.1 Å². The molecule has 4 nitrogen and oxygen atoms in total. The van der Waals surface area contributed by atoms with Gasteiger partial charge in [0, 0.05) is 17.3 Å². The summed E-state index contributed by atoms with van der Waals surface area (Å²) in [6, 6.07) is 14.8. The van der Waals surface area contributed by atoms with Crippen molar-refractivity contribution < 1.29 is 9.53 Å². The monoisotopic (exact) mass is 332 g/mol. The van der Waals surface area contributed by atoms with Crippen molar-refractivity contribution >= 4 is 23.3 Å². The zero-order valence-electron chi connectivity index (χ0n) is 13.3. The summed E-state index contributed by atoms with van der Waals surface area (Å²) in [5.41, 5.74) is 2.71. The average Bonchev–Trinajstić information content (AvgIpc) is 2.51. The first-order valence-corrected chi connectivity index (χ1v) is 7.90. The number of ether oxygens (including phenoxy) is 1. The SMILES string of the molecule is CC(C)OCc1cccc(NC(=O)NCc2cccc(Cl)c2)c1. The van der Waals surface area contributed by atoms with Gasteiger partial charge in [-0.25, -0.2) is 4.79 Å². The molecule has 2 aromatic carbocycles. The molecule has 5 heteroatoms. The van der Waals surface area contributed by atoms with Gasteiger partial charge < -0.3 is 15.4 Å². The summed E-state index contributed by atoms with van der Waals surface area (Å²) in [6.45, 7) is 4.93. The highest BCUT2D eigenvalue weighted by atomic mass is 35.5. The van der Waals surface area contributed by atoms with Crippen LogP contribution in [0.25, 0.3) is 0 Å². The fourth-order valence-corrected chi connectivity index (χ4v) is 2.22. The second-order valence-corrected chi connectivity index (χ2v) is 5.93. The molecule has 0 aromatic heterocycles. The number of carbonyl (C=O) groups excluding carboxylic acids is 1. The third-order valence-corrected chi connectivity index (χ3v) is 3.35. The Morgan fingerprint density at radius 3 is 2.61 bits per heavy atom. The predicted molar refractivity (Wildman–Crippen MR) is 93.7 cm³/mol. The molecule has 0 unspecified atom stereocenters. The van der Waals surface area contributed by atoms with Gasteiger partial charge in [0.05, 0.1) is 12.7 Å². The van der Waals surface area contributed by atoms with E-state index in [4.69, 9.17) is 16.3 Å². The number of hydrogen-bond donors (Lipinski definition) is 2. The Labute approximate surface area is 141 Å². The van der Waals surface area contributed by atoms with E-state index >= 15 is 0 Å². The maximum Gasteiger partial charge on any atom is 0.319 e. The van der Waals surface area contributed by atoms with Crippen molar-refractivity contribution in [1.29, 1.82) is 0 Å². The summed E-state index contributed by atoms with van der Waals surface area (Å²) in [5, 5.41) is 6.28. The van der Waals surface area contributed by atoms with Gasteiger partial charge in [-0.05, 0) is 49.2 Å². The number of amides is 2. The number of nitrogens with one attached hydrogen (secondary N) is 2. The first-order chi connectivity index (χ1) is 11.0. The van der Waals surface area contributed by atoms with E-state index in [1.807, 2.05) is 56.3 Å². The van der Waals surface area contributed by atoms with E-state index in [1.54, 1.807) is 6.07 Å². The minimum absolute atomic E-state index is 0.174. The summed E-state index contributed by atoms with van der Waals surface area (Å²) >= 11 is 5.92. The number of anilines is 1. The molecule has 0 fully saturated rings. The summed E-state index contributed by atoms with van der Waals surface area (Å²) < 4.78 is 5.56. The molecule has 0 bridgehead atoms. The van der Waals surface area contributed by atoms with E-state index in [2.05, 4.69) is 10.6 Å². The Morgan fingerprint density at radius 1 is 1.13 bits per heavy atom. The van der Waals surface area contributed by atoms with Crippen molar-refractivity contribution in [2.45, 2.75) is 33.1 Å². The molecular formula is C18H21ClN2O2. The minimum atomic E-state index is -0.257. The van der Waals surface area contributed by atoms with Gasteiger partial charge in [0.1, 0.15) is 0 Å². The Hall–Kier alpha value is -2.04. The number of urea groups is 1. The van der Waals surface area contributed by atoms with E-state index in [1.165, 1.54) is 0 Å². The van der Waals surface area contributed by atoms with Crippen LogP contribution in [0.5, 0.6) is 0 Å². The standard InChI is InChI=1S/C18H21ClN2O2/c1-13(2)23-12-15-6-4-8-17(10-15)21-18(22)20-11-14-5-3-7-16(19)9-14/h3-10,13H,11-12H2,1-2H3,(H2,20,21,22). The molecule has 0 radical (unpaired) electrons. The van der Waals surface area contributed by atoms with Crippen LogP contribution in [-0.2, 0) is 17.9 Å². The van der Waals surface area contributed by atoms with Crippen LogP contribution < -0.4 is 10.6 Å². The molecule has 0 saturated heterocycles. The van der Waals surface area contributed by atoms with Gasteiger partial charge in [-0.2, -0.15) is 0 Å². The van der Waals surface area contributed by atoms with Crippen LogP contribution in [0, 0.1) is 0 Å². The van der Waals surface area contributed by atoms with Crippen molar-refractivity contribution in [1.82, 2.24) is 5.32 Å². The highest BCUT2D eigenvalue weighted by Gasteiger charge is 2.04. The summed E-state index contributed by atoms with van der Waals surface area (Å²) in [5.74, 6) is 0. The zero-order valence-corrected chi connectivity index (χ0v) is 14.1. The summed E-state index contributed by atoms with van der Waals surface area (Å²) in [4.78, 5) is 12.0. The van der Waals surface area contributed by atoms with E-state index in [9.17, 15) is 4.79 Å². The number of hydrogen-bond acceptors (Lipinski definition) is 2. The quantitative estimate of drug-likeness (QED) is 0.813. The molecule has 0 heterocycles. The van der Waals surface area contributed by atoms with Gasteiger partial charge in [-0.1, -0.05) is 35.9 Å². The molecule has 2 aromatic rings. The Morgan fingerprint density at radius 2 is 1.87 bits per heavy atom. The lowest BCUT2D eigenvalue weighted by molar-refractivity contribution is 0.0657. The highest BCUT2D eigenvalue weighted by molar-refractivity contribution is 6.30. The van der Waals surface area contributed by atoms with Crippen molar-refractivity contribution in [2.75, 3.05) is 5.32 Å². The summed E-state index contributed by atoms with van der Waals surface area (Å²) in [7, 11) is 0. The van der Waals surface area contributed by atoms with Crippen molar-refractivity contribution in [2.24, 2.45) is 0 Å². The van der Waals surface area contributed by atoms with Crippen molar-refractivity contribution in [3.05, 3.63) is 64.7 Å². The van der Waals surface area contributed by atoms with Gasteiger partial charge in [-0.15, -0.1) is 0 Å². The Balaban J connectivity index is 1.86. The zero-order chi connectivity index (χ0) is 16.7. The number of benzene rings is 2. The largest absolute Gasteiger partial charge is 0.374 e. The molecule has 2 N–H and O–H groups in total. The van der Waals surface area contributed by atoms with Crippen LogP contribution in [0.1, 0.15) is 25.0 Å². The molecule has 0 aliphatic rings. The second kappa shape index (κ2) is 8.56. The van der Waals surface area contributed by atoms with Gasteiger partial charge in [0.25, 0.3) is 0 Å². The van der Waals surface area contributed by atoms with Crippen molar-refractivity contribution in [3.63, 3.8) is 0 Å². The number of rotatable bonds is 6. The average molecular weight is 333 g/mol. The topological polar surface area (TPSA) is 50.4 Å². The lowest BCUT2D eigenvalue weighted by Crippen LogP contribution is -2.28. The molecular weight excluding hydrogens is 312 g/mol. The molecule has 0 aliphatic carbocycles. The Bertz CT molecular complexity index is 659. The van der Waals surface area contributed by atoms with Crippen LogP contribution in [0.4, 0.5) is 10.5 Å². The van der Waals surface area contributed by atoms with Crippen LogP contribution in [0.2, 0.25) is 5.02 Å². The lowest BCUT2D eigenvalue weighted by Gasteiger charge is -2.11. The van der Waals surface area contributed by atoms with Crippen molar-refractivity contribution in [3.8, 4) is 0 Å².